The molecule has 2 aliphatic rings. The first-order valence-corrected chi connectivity index (χ1v) is 10.4. The van der Waals surface area contributed by atoms with Crippen molar-refractivity contribution in [3.05, 3.63) is 42.0 Å². The molecule has 1 atom stereocenters. The minimum atomic E-state index is -5.08. The highest BCUT2D eigenvalue weighted by atomic mass is 19.4. The first-order chi connectivity index (χ1) is 15.8. The van der Waals surface area contributed by atoms with Gasteiger partial charge in [0.15, 0.2) is 0 Å². The largest absolute Gasteiger partial charge is 0.490 e. The summed E-state index contributed by atoms with van der Waals surface area (Å²) in [5.41, 5.74) is 1.87. The zero-order chi connectivity index (χ0) is 25.3. The molecule has 2 aromatic heterocycles. The maximum Gasteiger partial charge on any atom is 0.490 e. The van der Waals surface area contributed by atoms with Crippen molar-refractivity contribution in [1.82, 2.24) is 24.6 Å². The number of piperazine rings is 1. The van der Waals surface area contributed by atoms with Gasteiger partial charge in [-0.25, -0.2) is 9.78 Å². The average molecular weight is 482 g/mol. The van der Waals surface area contributed by atoms with Crippen molar-refractivity contribution in [3.8, 4) is 0 Å². The van der Waals surface area contributed by atoms with Crippen LogP contribution in [0, 0.1) is 6.92 Å². The zero-order valence-electron chi connectivity index (χ0n) is 18.9. The number of likely N-dealkylation sites (N-methyl/N-ethyl adjacent to an activating group) is 1. The molecule has 2 aromatic rings. The molecule has 4 heterocycles. The summed E-state index contributed by atoms with van der Waals surface area (Å²) in [6, 6.07) is 5.50. The molecule has 0 saturated carbocycles. The number of hydrogen-bond acceptors (Lipinski definition) is 6. The van der Waals surface area contributed by atoms with E-state index in [0.29, 0.717) is 31.9 Å². The number of anilines is 1. The predicted octanol–water partition coefficient (Wildman–Crippen LogP) is 1.32. The van der Waals surface area contributed by atoms with Gasteiger partial charge in [-0.3, -0.25) is 19.2 Å². The zero-order valence-corrected chi connectivity index (χ0v) is 18.9. The summed E-state index contributed by atoms with van der Waals surface area (Å²) in [4.78, 5) is 44.5. The number of carbonyl (C=O) groups excluding carboxylic acids is 2. The quantitative estimate of drug-likeness (QED) is 0.687. The van der Waals surface area contributed by atoms with Gasteiger partial charge in [0.2, 0.25) is 5.91 Å². The van der Waals surface area contributed by atoms with Crippen LogP contribution in [0.4, 0.5) is 18.9 Å². The van der Waals surface area contributed by atoms with Crippen LogP contribution >= 0.6 is 0 Å². The van der Waals surface area contributed by atoms with Crippen molar-refractivity contribution in [2.45, 2.75) is 25.1 Å². The van der Waals surface area contributed by atoms with Gasteiger partial charge in [-0.2, -0.15) is 18.3 Å². The van der Waals surface area contributed by atoms with Crippen molar-refractivity contribution >= 4 is 23.5 Å². The number of alkyl halides is 3. The molecule has 2 fully saturated rings. The van der Waals surface area contributed by atoms with Crippen LogP contribution in [-0.4, -0.2) is 92.4 Å². The lowest BCUT2D eigenvalue weighted by molar-refractivity contribution is -0.192. The van der Waals surface area contributed by atoms with Crippen LogP contribution in [0.3, 0.4) is 0 Å². The molecule has 2 aliphatic heterocycles. The van der Waals surface area contributed by atoms with Crippen molar-refractivity contribution < 1.29 is 32.7 Å². The Kier molecular flexibility index (Phi) is 6.96. The lowest BCUT2D eigenvalue weighted by Gasteiger charge is -2.46. The molecule has 0 aromatic carbocycles. The third kappa shape index (κ3) is 5.35. The Bertz CT molecular complexity index is 1090. The van der Waals surface area contributed by atoms with Gasteiger partial charge < -0.3 is 14.9 Å². The van der Waals surface area contributed by atoms with Crippen LogP contribution in [0.1, 0.15) is 22.6 Å². The summed E-state index contributed by atoms with van der Waals surface area (Å²) in [6.07, 6.45) is -0.692. The van der Waals surface area contributed by atoms with Gasteiger partial charge in [-0.1, -0.05) is 6.07 Å². The maximum absolute atomic E-state index is 12.9. The number of aromatic nitrogens is 3. The van der Waals surface area contributed by atoms with Crippen LogP contribution in [0.2, 0.25) is 0 Å². The van der Waals surface area contributed by atoms with Crippen molar-refractivity contribution in [2.24, 2.45) is 7.05 Å². The Balaban J connectivity index is 0.000000406. The van der Waals surface area contributed by atoms with E-state index < -0.39 is 12.1 Å². The monoisotopic (exact) mass is 482 g/mol. The van der Waals surface area contributed by atoms with Crippen LogP contribution in [-0.2, 0) is 16.6 Å². The number of amides is 2. The topological polar surface area (TPSA) is 112 Å². The van der Waals surface area contributed by atoms with Crippen molar-refractivity contribution in [2.75, 3.05) is 38.1 Å². The standard InChI is InChI=1S/C19H24N6O2.C2HF3O2/c1-14-5-4-6-16(21-14)18(27)24-8-7-19(12-24)13-25(17(26)11-22(19)2)15-9-20-23(3)10-15;3-2(4,5)1(6)7/h4-6,9-10H,7-8,11-13H2,1-3H3;(H,6,7). The van der Waals surface area contributed by atoms with E-state index in [0.717, 1.165) is 17.8 Å². The molecular weight excluding hydrogens is 457 g/mol. The Morgan fingerprint density at radius 1 is 1.18 bits per heavy atom. The predicted molar refractivity (Wildman–Crippen MR) is 114 cm³/mol. The molecule has 0 bridgehead atoms. The molecule has 34 heavy (non-hydrogen) atoms. The first kappa shape index (κ1) is 25.1. The van der Waals surface area contributed by atoms with Gasteiger partial charge in [0, 0.05) is 38.6 Å². The number of carbonyl (C=O) groups is 3. The van der Waals surface area contributed by atoms with Crippen LogP contribution in [0.25, 0.3) is 0 Å². The molecule has 4 rings (SSSR count). The lowest BCUT2D eigenvalue weighted by Crippen LogP contribution is -2.64. The van der Waals surface area contributed by atoms with Gasteiger partial charge in [-0.05, 0) is 32.5 Å². The number of likely N-dealkylation sites (tertiary alicyclic amines) is 1. The third-order valence-corrected chi connectivity index (χ3v) is 5.91. The van der Waals surface area contributed by atoms with E-state index in [1.165, 1.54) is 0 Å². The summed E-state index contributed by atoms with van der Waals surface area (Å²) in [5, 5.41) is 11.3. The van der Waals surface area contributed by atoms with Crippen LogP contribution < -0.4 is 4.90 Å². The summed E-state index contributed by atoms with van der Waals surface area (Å²) in [5.74, 6) is -2.75. The van der Waals surface area contributed by atoms with E-state index in [1.54, 1.807) is 21.8 Å². The van der Waals surface area contributed by atoms with Gasteiger partial charge in [-0.15, -0.1) is 0 Å². The van der Waals surface area contributed by atoms with E-state index in [2.05, 4.69) is 15.0 Å². The molecule has 1 spiro atoms. The molecule has 2 amide bonds. The lowest BCUT2D eigenvalue weighted by atomic mass is 9.93. The second kappa shape index (κ2) is 9.41. The maximum atomic E-state index is 12.9. The second-order valence-corrected chi connectivity index (χ2v) is 8.38. The highest BCUT2D eigenvalue weighted by molar-refractivity contribution is 5.96. The van der Waals surface area contributed by atoms with E-state index >= 15 is 0 Å². The fraction of sp³-hybridized carbons (Fsp3) is 0.476. The van der Waals surface area contributed by atoms with Gasteiger partial charge in [0.05, 0.1) is 24.0 Å². The molecule has 184 valence electrons. The Morgan fingerprint density at radius 3 is 2.41 bits per heavy atom. The number of aliphatic carboxylic acids is 1. The number of pyridine rings is 1. The molecule has 2 saturated heterocycles. The second-order valence-electron chi connectivity index (χ2n) is 8.38. The van der Waals surface area contributed by atoms with Gasteiger partial charge in [0.1, 0.15) is 5.69 Å². The van der Waals surface area contributed by atoms with Crippen molar-refractivity contribution in [1.29, 1.82) is 0 Å². The van der Waals surface area contributed by atoms with E-state index in [4.69, 9.17) is 9.90 Å². The van der Waals surface area contributed by atoms with Gasteiger partial charge >= 0.3 is 12.1 Å². The highest BCUT2D eigenvalue weighted by Gasteiger charge is 2.49. The minimum Gasteiger partial charge on any atom is -0.475 e. The van der Waals surface area contributed by atoms with E-state index in [9.17, 15) is 22.8 Å². The smallest absolute Gasteiger partial charge is 0.475 e. The van der Waals surface area contributed by atoms with Crippen LogP contribution in [0.15, 0.2) is 30.6 Å². The van der Waals surface area contributed by atoms with E-state index in [-0.39, 0.29) is 17.4 Å². The summed E-state index contributed by atoms with van der Waals surface area (Å²) in [7, 11) is 3.81. The Labute approximate surface area is 193 Å². The SMILES string of the molecule is Cc1cccc(C(=O)N2CCC3(C2)CN(c2cnn(C)c2)C(=O)CN3C)n1.O=C(O)C(F)(F)F. The summed E-state index contributed by atoms with van der Waals surface area (Å²) >= 11 is 0. The molecule has 0 aliphatic carbocycles. The Hall–Kier alpha value is -3.48. The molecule has 13 heteroatoms. The minimum absolute atomic E-state index is 0.0474. The number of hydrogen-bond donors (Lipinski definition) is 1. The normalized spacial score (nSPS) is 20.9. The number of halogens is 3. The van der Waals surface area contributed by atoms with Gasteiger partial charge in [0.25, 0.3) is 5.91 Å². The number of rotatable bonds is 2. The number of carboxylic acid groups (broad SMARTS) is 1. The molecular formula is C21H25F3N6O4. The summed E-state index contributed by atoms with van der Waals surface area (Å²) in [6.45, 7) is 4.02. The molecule has 1 unspecified atom stereocenters. The number of nitrogens with zero attached hydrogens (tertiary/aromatic N) is 6. The number of aryl methyl sites for hydroxylation is 2. The van der Waals surface area contributed by atoms with Crippen LogP contribution in [0.5, 0.6) is 0 Å². The number of carboxylic acids is 1. The first-order valence-electron chi connectivity index (χ1n) is 10.4. The van der Waals surface area contributed by atoms with Crippen molar-refractivity contribution in [3.63, 3.8) is 0 Å². The molecule has 10 nitrogen and oxygen atoms in total. The highest BCUT2D eigenvalue weighted by Crippen LogP contribution is 2.33. The summed E-state index contributed by atoms with van der Waals surface area (Å²) < 4.78 is 33.4. The molecule has 0 radical (unpaired) electrons. The third-order valence-electron chi connectivity index (χ3n) is 5.91. The molecule has 1 N–H and O–H groups in total. The average Bonchev–Trinajstić information content (AvgIpc) is 3.37. The van der Waals surface area contributed by atoms with E-state index in [1.807, 2.05) is 44.2 Å². The fourth-order valence-electron chi connectivity index (χ4n) is 4.04. The fourth-order valence-corrected chi connectivity index (χ4v) is 4.04. The Morgan fingerprint density at radius 2 is 1.85 bits per heavy atom.